The molecule has 3 aromatic rings. The molecule has 1 atom stereocenters. The number of nitro benzene ring substituents is 1. The van der Waals surface area contributed by atoms with Crippen LogP contribution in [0.2, 0.25) is 0 Å². The molecule has 3 rings (SSSR count). The molecule has 0 saturated carbocycles. The molecule has 0 radical (unpaired) electrons. The molecule has 0 aliphatic heterocycles. The van der Waals surface area contributed by atoms with Gasteiger partial charge in [-0.05, 0) is 25.1 Å². The number of pyridine rings is 1. The highest BCUT2D eigenvalue weighted by Gasteiger charge is 2.19. The monoisotopic (exact) mass is 301 g/mol. The highest BCUT2D eigenvalue weighted by atomic mass is 19.1. The second kappa shape index (κ2) is 5.40. The Hall–Kier alpha value is -3.03. The number of nitrogens with zero attached hydrogens (tertiary/aromatic N) is 4. The Morgan fingerprint density at radius 2 is 2.14 bits per heavy atom. The van der Waals surface area contributed by atoms with Gasteiger partial charge in [0.25, 0.3) is 5.69 Å². The van der Waals surface area contributed by atoms with Gasteiger partial charge in [-0.3, -0.25) is 14.5 Å². The first-order chi connectivity index (χ1) is 10.6. The number of fused-ring (bicyclic) bond motifs is 1. The molecule has 0 aliphatic rings. The van der Waals surface area contributed by atoms with Crippen LogP contribution in [-0.4, -0.2) is 19.5 Å². The summed E-state index contributed by atoms with van der Waals surface area (Å²) in [6.45, 7) is 1.78. The van der Waals surface area contributed by atoms with Crippen molar-refractivity contribution in [1.82, 2.24) is 14.6 Å². The van der Waals surface area contributed by atoms with Crippen molar-refractivity contribution in [1.29, 1.82) is 0 Å². The van der Waals surface area contributed by atoms with E-state index in [0.717, 1.165) is 18.2 Å². The fourth-order valence-corrected chi connectivity index (χ4v) is 2.24. The Balaban J connectivity index is 1.96. The summed E-state index contributed by atoms with van der Waals surface area (Å²) < 4.78 is 15.1. The van der Waals surface area contributed by atoms with E-state index in [1.807, 2.05) is 12.1 Å². The lowest BCUT2D eigenvalue weighted by Gasteiger charge is -2.13. The third-order valence-corrected chi connectivity index (χ3v) is 3.25. The minimum Gasteiger partial charge on any atom is -0.370 e. The summed E-state index contributed by atoms with van der Waals surface area (Å²) in [4.78, 5) is 10.5. The number of nitro groups is 1. The van der Waals surface area contributed by atoms with Gasteiger partial charge in [0.2, 0.25) is 0 Å². The largest absolute Gasteiger partial charge is 0.370 e. The van der Waals surface area contributed by atoms with Crippen LogP contribution in [0.1, 0.15) is 18.8 Å². The lowest BCUT2D eigenvalue weighted by molar-refractivity contribution is -0.384. The van der Waals surface area contributed by atoms with Crippen molar-refractivity contribution >= 4 is 17.0 Å². The molecule has 7 nitrogen and oxygen atoms in total. The van der Waals surface area contributed by atoms with Crippen molar-refractivity contribution in [2.45, 2.75) is 13.0 Å². The number of aromatic nitrogens is 3. The van der Waals surface area contributed by atoms with Crippen molar-refractivity contribution in [2.75, 3.05) is 5.32 Å². The van der Waals surface area contributed by atoms with Gasteiger partial charge in [0.15, 0.2) is 11.5 Å². The summed E-state index contributed by atoms with van der Waals surface area (Å²) in [5.41, 5.74) is 0.576. The average molecular weight is 301 g/mol. The lowest BCUT2D eigenvalue weighted by Crippen LogP contribution is -2.12. The number of hydrogen-bond acceptors (Lipinski definition) is 5. The number of benzene rings is 1. The zero-order valence-corrected chi connectivity index (χ0v) is 11.6. The summed E-state index contributed by atoms with van der Waals surface area (Å²) >= 11 is 0. The highest BCUT2D eigenvalue weighted by molar-refractivity contribution is 5.62. The van der Waals surface area contributed by atoms with E-state index < -0.39 is 16.8 Å². The molecule has 8 heteroatoms. The van der Waals surface area contributed by atoms with Crippen molar-refractivity contribution in [3.8, 4) is 0 Å². The number of rotatable bonds is 4. The number of anilines is 1. The van der Waals surface area contributed by atoms with Gasteiger partial charge in [0.1, 0.15) is 11.5 Å². The molecule has 2 heterocycles. The van der Waals surface area contributed by atoms with Crippen LogP contribution >= 0.6 is 0 Å². The van der Waals surface area contributed by atoms with Crippen LogP contribution in [-0.2, 0) is 0 Å². The van der Waals surface area contributed by atoms with Crippen LogP contribution in [0.4, 0.5) is 15.8 Å². The van der Waals surface area contributed by atoms with Crippen molar-refractivity contribution in [3.63, 3.8) is 0 Å². The Morgan fingerprint density at radius 1 is 1.32 bits per heavy atom. The first kappa shape index (κ1) is 13.9. The molecule has 22 heavy (non-hydrogen) atoms. The van der Waals surface area contributed by atoms with E-state index in [1.54, 1.807) is 23.6 Å². The average Bonchev–Trinajstić information content (AvgIpc) is 2.91. The van der Waals surface area contributed by atoms with Gasteiger partial charge in [-0.2, -0.15) is 0 Å². The fourth-order valence-electron chi connectivity index (χ4n) is 2.24. The minimum atomic E-state index is -0.559. The van der Waals surface area contributed by atoms with Gasteiger partial charge in [-0.15, -0.1) is 10.2 Å². The zero-order chi connectivity index (χ0) is 15.7. The first-order valence-corrected chi connectivity index (χ1v) is 6.56. The molecule has 0 fully saturated rings. The van der Waals surface area contributed by atoms with E-state index in [2.05, 4.69) is 15.5 Å². The van der Waals surface area contributed by atoms with Crippen LogP contribution < -0.4 is 5.32 Å². The maximum Gasteiger partial charge on any atom is 0.292 e. The predicted molar refractivity (Wildman–Crippen MR) is 78.1 cm³/mol. The van der Waals surface area contributed by atoms with Crippen molar-refractivity contribution < 1.29 is 9.31 Å². The molecule has 1 unspecified atom stereocenters. The first-order valence-electron chi connectivity index (χ1n) is 6.56. The van der Waals surface area contributed by atoms with E-state index in [-0.39, 0.29) is 11.4 Å². The summed E-state index contributed by atoms with van der Waals surface area (Å²) in [5, 5.41) is 22.0. The van der Waals surface area contributed by atoms with Gasteiger partial charge in [0.05, 0.1) is 11.0 Å². The van der Waals surface area contributed by atoms with Crippen molar-refractivity contribution in [3.05, 3.63) is 64.4 Å². The molecule has 0 spiro atoms. The molecule has 0 amide bonds. The van der Waals surface area contributed by atoms with Crippen molar-refractivity contribution in [2.24, 2.45) is 0 Å². The molecule has 112 valence electrons. The Labute approximate surface area is 124 Å². The lowest BCUT2D eigenvalue weighted by atomic mass is 10.2. The Bertz CT molecular complexity index is 848. The minimum absolute atomic E-state index is 0.102. The number of halogens is 1. The van der Waals surface area contributed by atoms with Gasteiger partial charge < -0.3 is 5.32 Å². The van der Waals surface area contributed by atoms with Crippen LogP contribution in [0, 0.1) is 15.9 Å². The fraction of sp³-hybridized carbons (Fsp3) is 0.143. The second-order valence-electron chi connectivity index (χ2n) is 4.77. The third kappa shape index (κ3) is 2.46. The number of hydrogen-bond donors (Lipinski definition) is 1. The van der Waals surface area contributed by atoms with E-state index >= 15 is 0 Å². The summed E-state index contributed by atoms with van der Waals surface area (Å²) in [5.74, 6) is 0.0283. The maximum absolute atomic E-state index is 13.4. The predicted octanol–water partition coefficient (Wildman–Crippen LogP) is 2.95. The standard InChI is InChI=1S/C14H12FN5O2/c1-9(14-18-17-13-4-2-3-7-19(13)14)16-11-8-10(15)5-6-12(11)20(21)22/h2-9,16H,1H3. The smallest absolute Gasteiger partial charge is 0.292 e. The summed E-state index contributed by atoms with van der Waals surface area (Å²) in [6.07, 6.45) is 1.79. The molecular weight excluding hydrogens is 289 g/mol. The molecule has 0 aliphatic carbocycles. The highest BCUT2D eigenvalue weighted by Crippen LogP contribution is 2.28. The number of nitrogens with one attached hydrogen (secondary N) is 1. The van der Waals surface area contributed by atoms with Crippen LogP contribution in [0.25, 0.3) is 5.65 Å². The molecule has 0 bridgehead atoms. The Morgan fingerprint density at radius 3 is 2.91 bits per heavy atom. The van der Waals surface area contributed by atoms with E-state index in [9.17, 15) is 14.5 Å². The SMILES string of the molecule is CC(Nc1cc(F)ccc1[N+](=O)[O-])c1nnc2ccccn12. The third-order valence-electron chi connectivity index (χ3n) is 3.25. The molecular formula is C14H12FN5O2. The summed E-state index contributed by atoms with van der Waals surface area (Å²) in [7, 11) is 0. The van der Waals surface area contributed by atoms with Gasteiger partial charge in [-0.1, -0.05) is 6.07 Å². The van der Waals surface area contributed by atoms with Gasteiger partial charge in [-0.25, -0.2) is 4.39 Å². The Kier molecular flexibility index (Phi) is 3.42. The van der Waals surface area contributed by atoms with Crippen LogP contribution in [0.15, 0.2) is 42.6 Å². The van der Waals surface area contributed by atoms with E-state index in [1.165, 1.54) is 0 Å². The van der Waals surface area contributed by atoms with Gasteiger partial charge in [0, 0.05) is 18.3 Å². The molecule has 1 N–H and O–H groups in total. The molecule has 0 saturated heterocycles. The normalized spacial score (nSPS) is 12.3. The molecule has 2 aromatic heterocycles. The second-order valence-corrected chi connectivity index (χ2v) is 4.77. The maximum atomic E-state index is 13.4. The van der Waals surface area contributed by atoms with E-state index in [0.29, 0.717) is 11.5 Å². The molecule has 1 aromatic carbocycles. The topological polar surface area (TPSA) is 85.4 Å². The van der Waals surface area contributed by atoms with Gasteiger partial charge >= 0.3 is 0 Å². The van der Waals surface area contributed by atoms with Crippen LogP contribution in [0.5, 0.6) is 0 Å². The van der Waals surface area contributed by atoms with E-state index in [4.69, 9.17) is 0 Å². The van der Waals surface area contributed by atoms with Crippen LogP contribution in [0.3, 0.4) is 0 Å². The summed E-state index contributed by atoms with van der Waals surface area (Å²) in [6, 6.07) is 8.36. The quantitative estimate of drug-likeness (QED) is 0.591. The zero-order valence-electron chi connectivity index (χ0n) is 11.6.